The molecule has 0 radical (unpaired) electrons. The quantitative estimate of drug-likeness (QED) is 0.699. The lowest BCUT2D eigenvalue weighted by Crippen LogP contribution is -2.45. The molecule has 0 aromatic carbocycles. The van der Waals surface area contributed by atoms with Crippen LogP contribution in [0, 0.1) is 0 Å². The van der Waals surface area contributed by atoms with Gasteiger partial charge < -0.3 is 15.0 Å². The van der Waals surface area contributed by atoms with E-state index in [1.807, 2.05) is 0 Å². The molecule has 1 atom stereocenters. The van der Waals surface area contributed by atoms with E-state index in [1.54, 1.807) is 7.11 Å². The molecular weight excluding hydrogens is 164 g/mol. The molecule has 0 aliphatic carbocycles. The molecule has 1 saturated heterocycles. The maximum absolute atomic E-state index is 5.09. The molecular formula is C10H22N2O. The summed E-state index contributed by atoms with van der Waals surface area (Å²) in [7, 11) is 3.95. The van der Waals surface area contributed by atoms with Crippen LogP contribution in [0.1, 0.15) is 19.8 Å². The number of ether oxygens (including phenoxy) is 1. The van der Waals surface area contributed by atoms with Crippen LogP contribution in [-0.4, -0.2) is 50.8 Å². The average Bonchev–Trinajstić information content (AvgIpc) is 2.09. The Morgan fingerprint density at radius 2 is 2.08 bits per heavy atom. The van der Waals surface area contributed by atoms with E-state index in [9.17, 15) is 0 Å². The summed E-state index contributed by atoms with van der Waals surface area (Å²) in [5.74, 6) is 0. The van der Waals surface area contributed by atoms with Crippen LogP contribution in [0.3, 0.4) is 0 Å². The van der Waals surface area contributed by atoms with E-state index in [-0.39, 0.29) is 0 Å². The van der Waals surface area contributed by atoms with E-state index in [4.69, 9.17) is 4.74 Å². The predicted octanol–water partition coefficient (Wildman–Crippen LogP) is 0.705. The second-order valence-corrected chi connectivity index (χ2v) is 4.10. The molecule has 0 aromatic rings. The first-order valence-electron chi connectivity index (χ1n) is 5.16. The predicted molar refractivity (Wildman–Crippen MR) is 55.0 cm³/mol. The molecule has 0 saturated carbocycles. The van der Waals surface area contributed by atoms with Gasteiger partial charge >= 0.3 is 0 Å². The molecule has 3 nitrogen and oxygen atoms in total. The van der Waals surface area contributed by atoms with Crippen molar-refractivity contribution in [1.82, 2.24) is 10.2 Å². The highest BCUT2D eigenvalue weighted by atomic mass is 16.5. The minimum Gasteiger partial charge on any atom is -0.383 e. The van der Waals surface area contributed by atoms with Crippen molar-refractivity contribution in [2.75, 3.05) is 33.9 Å². The Hall–Kier alpha value is -0.120. The maximum Gasteiger partial charge on any atom is 0.0613 e. The normalized spacial score (nSPS) is 23.3. The Balaban J connectivity index is 2.14. The summed E-state index contributed by atoms with van der Waals surface area (Å²) >= 11 is 0. The van der Waals surface area contributed by atoms with Gasteiger partial charge in [-0.05, 0) is 39.9 Å². The van der Waals surface area contributed by atoms with Crippen LogP contribution in [0.5, 0.6) is 0 Å². The van der Waals surface area contributed by atoms with E-state index in [0.29, 0.717) is 12.1 Å². The van der Waals surface area contributed by atoms with Crippen molar-refractivity contribution < 1.29 is 4.74 Å². The summed E-state index contributed by atoms with van der Waals surface area (Å²) in [5, 5.41) is 3.59. The number of nitrogens with zero attached hydrogens (tertiary/aromatic N) is 1. The van der Waals surface area contributed by atoms with Gasteiger partial charge in [0.2, 0.25) is 0 Å². The third-order valence-corrected chi connectivity index (χ3v) is 2.66. The highest BCUT2D eigenvalue weighted by Crippen LogP contribution is 2.08. The molecule has 1 heterocycles. The molecule has 1 aliphatic heterocycles. The maximum atomic E-state index is 5.09. The fraction of sp³-hybridized carbons (Fsp3) is 1.00. The van der Waals surface area contributed by atoms with Gasteiger partial charge in [0.1, 0.15) is 0 Å². The average molecular weight is 186 g/mol. The van der Waals surface area contributed by atoms with E-state index in [0.717, 1.165) is 6.61 Å². The first-order valence-corrected chi connectivity index (χ1v) is 5.16. The van der Waals surface area contributed by atoms with Crippen molar-refractivity contribution in [3.63, 3.8) is 0 Å². The standard InChI is InChI=1S/C10H22N2O/c1-9(8-13-3)11-10-4-6-12(2)7-5-10/h9-11H,4-8H2,1-3H3/t9-/m1/s1. The molecule has 0 amide bonds. The molecule has 78 valence electrons. The van der Waals surface area contributed by atoms with Gasteiger partial charge in [-0.1, -0.05) is 0 Å². The van der Waals surface area contributed by atoms with Crippen molar-refractivity contribution in [3.05, 3.63) is 0 Å². The smallest absolute Gasteiger partial charge is 0.0613 e. The molecule has 1 aliphatic rings. The Bertz CT molecular complexity index is 133. The molecule has 1 rings (SSSR count). The zero-order valence-corrected chi connectivity index (χ0v) is 9.05. The second kappa shape index (κ2) is 5.58. The van der Waals surface area contributed by atoms with Gasteiger partial charge in [-0.3, -0.25) is 0 Å². The second-order valence-electron chi connectivity index (χ2n) is 4.10. The first kappa shape index (κ1) is 11.0. The Morgan fingerprint density at radius 3 is 2.62 bits per heavy atom. The summed E-state index contributed by atoms with van der Waals surface area (Å²) in [5.41, 5.74) is 0. The fourth-order valence-corrected chi connectivity index (χ4v) is 1.88. The molecule has 3 heteroatoms. The van der Waals surface area contributed by atoms with E-state index in [1.165, 1.54) is 25.9 Å². The van der Waals surface area contributed by atoms with Crippen molar-refractivity contribution in [2.45, 2.75) is 31.8 Å². The third-order valence-electron chi connectivity index (χ3n) is 2.66. The Labute approximate surface area is 81.4 Å². The van der Waals surface area contributed by atoms with Gasteiger partial charge in [0.25, 0.3) is 0 Å². The van der Waals surface area contributed by atoms with Gasteiger partial charge in [-0.2, -0.15) is 0 Å². The number of hydrogen-bond acceptors (Lipinski definition) is 3. The molecule has 0 unspecified atom stereocenters. The SMILES string of the molecule is COC[C@@H](C)NC1CCN(C)CC1. The van der Waals surface area contributed by atoms with Gasteiger partial charge in [0, 0.05) is 19.2 Å². The lowest BCUT2D eigenvalue weighted by atomic mass is 10.0. The lowest BCUT2D eigenvalue weighted by molar-refractivity contribution is 0.153. The van der Waals surface area contributed by atoms with Gasteiger partial charge in [-0.25, -0.2) is 0 Å². The highest BCUT2D eigenvalue weighted by Gasteiger charge is 2.17. The topological polar surface area (TPSA) is 24.5 Å². The van der Waals surface area contributed by atoms with Crippen molar-refractivity contribution in [3.8, 4) is 0 Å². The van der Waals surface area contributed by atoms with Crippen LogP contribution >= 0.6 is 0 Å². The van der Waals surface area contributed by atoms with Crippen LogP contribution in [-0.2, 0) is 4.74 Å². The van der Waals surface area contributed by atoms with Gasteiger partial charge in [-0.15, -0.1) is 0 Å². The minimum absolute atomic E-state index is 0.485. The zero-order chi connectivity index (χ0) is 9.68. The lowest BCUT2D eigenvalue weighted by Gasteiger charge is -2.31. The van der Waals surface area contributed by atoms with Crippen molar-refractivity contribution in [2.24, 2.45) is 0 Å². The van der Waals surface area contributed by atoms with E-state index < -0.39 is 0 Å². The molecule has 0 bridgehead atoms. The largest absolute Gasteiger partial charge is 0.383 e. The van der Waals surface area contributed by atoms with Crippen LogP contribution in [0.4, 0.5) is 0 Å². The van der Waals surface area contributed by atoms with Crippen LogP contribution in [0.15, 0.2) is 0 Å². The highest BCUT2D eigenvalue weighted by molar-refractivity contribution is 4.77. The van der Waals surface area contributed by atoms with Gasteiger partial charge in [0.05, 0.1) is 6.61 Å². The summed E-state index contributed by atoms with van der Waals surface area (Å²) in [6.07, 6.45) is 2.54. The number of nitrogens with one attached hydrogen (secondary N) is 1. The molecule has 13 heavy (non-hydrogen) atoms. The summed E-state index contributed by atoms with van der Waals surface area (Å²) in [4.78, 5) is 2.39. The molecule has 0 spiro atoms. The Kier molecular flexibility index (Phi) is 4.70. The summed E-state index contributed by atoms with van der Waals surface area (Å²) < 4.78 is 5.09. The third kappa shape index (κ3) is 4.07. The summed E-state index contributed by atoms with van der Waals surface area (Å²) in [6.45, 7) is 5.43. The van der Waals surface area contributed by atoms with Crippen LogP contribution in [0.25, 0.3) is 0 Å². The number of likely N-dealkylation sites (tertiary alicyclic amines) is 1. The monoisotopic (exact) mass is 186 g/mol. The number of rotatable bonds is 4. The van der Waals surface area contributed by atoms with E-state index in [2.05, 4.69) is 24.2 Å². The van der Waals surface area contributed by atoms with Crippen molar-refractivity contribution in [1.29, 1.82) is 0 Å². The Morgan fingerprint density at radius 1 is 1.46 bits per heavy atom. The molecule has 0 aromatic heterocycles. The summed E-state index contributed by atoms with van der Waals surface area (Å²) in [6, 6.07) is 1.18. The molecule has 1 N–H and O–H groups in total. The molecule has 1 fully saturated rings. The van der Waals surface area contributed by atoms with Gasteiger partial charge in [0.15, 0.2) is 0 Å². The van der Waals surface area contributed by atoms with Crippen LogP contribution in [0.2, 0.25) is 0 Å². The number of piperidine rings is 1. The fourth-order valence-electron chi connectivity index (χ4n) is 1.88. The van der Waals surface area contributed by atoms with Crippen molar-refractivity contribution >= 4 is 0 Å². The van der Waals surface area contributed by atoms with Crippen LogP contribution < -0.4 is 5.32 Å². The first-order chi connectivity index (χ1) is 6.22. The van der Waals surface area contributed by atoms with E-state index >= 15 is 0 Å². The number of hydrogen-bond donors (Lipinski definition) is 1. The zero-order valence-electron chi connectivity index (χ0n) is 9.05. The number of methoxy groups -OCH3 is 1. The minimum atomic E-state index is 0.485.